The zero-order valence-corrected chi connectivity index (χ0v) is 13.0. The molecule has 1 aromatic carbocycles. The van der Waals surface area contributed by atoms with E-state index in [1.54, 1.807) is 6.07 Å². The predicted molar refractivity (Wildman–Crippen MR) is 81.5 cm³/mol. The lowest BCUT2D eigenvalue weighted by molar-refractivity contribution is 0.0705. The molecule has 2 unspecified atom stereocenters. The molecule has 3 nitrogen and oxygen atoms in total. The minimum Gasteiger partial charge on any atom is -0.332 e. The van der Waals surface area contributed by atoms with Crippen LogP contribution < -0.4 is 5.32 Å². The Kier molecular flexibility index (Phi) is 3.89. The lowest BCUT2D eigenvalue weighted by Crippen LogP contribution is -2.39. The van der Waals surface area contributed by atoms with Crippen molar-refractivity contribution in [2.24, 2.45) is 11.8 Å². The van der Waals surface area contributed by atoms with Crippen LogP contribution in [0.3, 0.4) is 0 Å². The van der Waals surface area contributed by atoms with Gasteiger partial charge in [-0.2, -0.15) is 0 Å². The Morgan fingerprint density at radius 3 is 2.43 bits per heavy atom. The molecule has 21 heavy (non-hydrogen) atoms. The number of nitrogens with zero attached hydrogens (tertiary/aromatic N) is 1. The maximum absolute atomic E-state index is 14.0. The molecule has 114 valence electrons. The lowest BCUT2D eigenvalue weighted by Gasteiger charge is -2.25. The van der Waals surface area contributed by atoms with Gasteiger partial charge in [0.05, 0.1) is 10.6 Å². The summed E-state index contributed by atoms with van der Waals surface area (Å²) in [6, 6.07) is 4.93. The maximum atomic E-state index is 14.0. The molecule has 0 spiro atoms. The maximum Gasteiger partial charge on any atom is 0.258 e. The van der Waals surface area contributed by atoms with E-state index < -0.39 is 5.82 Å². The average Bonchev–Trinajstić information content (AvgIpc) is 3.10. The van der Waals surface area contributed by atoms with Crippen LogP contribution in [0.1, 0.15) is 23.2 Å². The van der Waals surface area contributed by atoms with Crippen molar-refractivity contribution in [3.63, 3.8) is 0 Å². The Morgan fingerprint density at radius 2 is 1.86 bits per heavy atom. The molecule has 3 saturated heterocycles. The van der Waals surface area contributed by atoms with Crippen LogP contribution in [0.4, 0.5) is 4.39 Å². The van der Waals surface area contributed by atoms with Crippen LogP contribution in [0, 0.1) is 17.7 Å². The molecular formula is C15H17Cl2FN2O. The highest BCUT2D eigenvalue weighted by Crippen LogP contribution is 2.48. The van der Waals surface area contributed by atoms with E-state index in [1.165, 1.54) is 12.1 Å². The fourth-order valence-electron chi connectivity index (χ4n) is 4.40. The third-order valence-corrected chi connectivity index (χ3v) is 5.50. The first kappa shape index (κ1) is 15.1. The average molecular weight is 331 g/mol. The number of carbonyl (C=O) groups is 1. The molecule has 0 saturated carbocycles. The zero-order chi connectivity index (χ0) is 13.9. The van der Waals surface area contributed by atoms with Gasteiger partial charge in [-0.1, -0.05) is 17.7 Å². The first-order valence-electron chi connectivity index (χ1n) is 7.16. The molecule has 0 radical (unpaired) electrons. The number of amides is 1. The number of hydrogen-bond donors (Lipinski definition) is 1. The second-order valence-corrected chi connectivity index (χ2v) is 6.41. The van der Waals surface area contributed by atoms with Gasteiger partial charge in [-0.25, -0.2) is 4.39 Å². The molecule has 1 aromatic rings. The molecule has 3 fully saturated rings. The second kappa shape index (κ2) is 5.41. The highest BCUT2D eigenvalue weighted by atomic mass is 35.5. The molecule has 1 amide bonds. The monoisotopic (exact) mass is 330 g/mol. The van der Waals surface area contributed by atoms with Crippen LogP contribution in [0.2, 0.25) is 5.02 Å². The summed E-state index contributed by atoms with van der Waals surface area (Å²) in [6.07, 6.45) is 2.07. The van der Waals surface area contributed by atoms with Crippen molar-refractivity contribution < 1.29 is 9.18 Å². The summed E-state index contributed by atoms with van der Waals surface area (Å²) >= 11 is 6.04. The molecule has 4 rings (SSSR count). The summed E-state index contributed by atoms with van der Waals surface area (Å²) in [5.74, 6) is 0.318. The van der Waals surface area contributed by atoms with Gasteiger partial charge in [0.1, 0.15) is 5.82 Å². The van der Waals surface area contributed by atoms with Crippen molar-refractivity contribution in [2.75, 3.05) is 13.1 Å². The molecule has 0 aliphatic carbocycles. The lowest BCUT2D eigenvalue weighted by atomic mass is 9.82. The van der Waals surface area contributed by atoms with Crippen molar-refractivity contribution in [3.8, 4) is 0 Å². The fourth-order valence-corrected chi connectivity index (χ4v) is 4.64. The predicted octanol–water partition coefficient (Wildman–Crippen LogP) is 2.72. The fraction of sp³-hybridized carbons (Fsp3) is 0.533. The molecule has 3 heterocycles. The number of carbonyl (C=O) groups excluding carboxylic acids is 1. The Balaban J connectivity index is 0.00000132. The number of benzene rings is 1. The number of nitrogens with one attached hydrogen (secondary N) is 1. The summed E-state index contributed by atoms with van der Waals surface area (Å²) in [6.45, 7) is 1.95. The number of fused-ring (bicyclic) bond motifs is 5. The first-order valence-corrected chi connectivity index (χ1v) is 7.53. The van der Waals surface area contributed by atoms with Crippen molar-refractivity contribution in [2.45, 2.75) is 24.9 Å². The SMILES string of the molecule is Cl.O=C(c1c(F)cccc1Cl)N1C2CCC1[C@@H]1CNC[C@H]21. The largest absolute Gasteiger partial charge is 0.332 e. The van der Waals surface area contributed by atoms with E-state index in [0.717, 1.165) is 25.9 Å². The van der Waals surface area contributed by atoms with E-state index in [2.05, 4.69) is 5.32 Å². The third-order valence-electron chi connectivity index (χ3n) is 5.18. The summed E-state index contributed by atoms with van der Waals surface area (Å²) in [7, 11) is 0. The summed E-state index contributed by atoms with van der Waals surface area (Å²) in [5.41, 5.74) is 0.0407. The smallest absolute Gasteiger partial charge is 0.258 e. The minimum atomic E-state index is -0.517. The van der Waals surface area contributed by atoms with Crippen molar-refractivity contribution in [3.05, 3.63) is 34.6 Å². The van der Waals surface area contributed by atoms with E-state index in [1.807, 2.05) is 4.90 Å². The van der Waals surface area contributed by atoms with Gasteiger partial charge in [0.15, 0.2) is 0 Å². The van der Waals surface area contributed by atoms with Crippen LogP contribution in [0.5, 0.6) is 0 Å². The summed E-state index contributed by atoms with van der Waals surface area (Å²) in [5, 5.41) is 3.62. The van der Waals surface area contributed by atoms with E-state index >= 15 is 0 Å². The van der Waals surface area contributed by atoms with Crippen LogP contribution in [0.15, 0.2) is 18.2 Å². The molecule has 2 bridgehead atoms. The Labute approximate surface area is 134 Å². The van der Waals surface area contributed by atoms with Crippen molar-refractivity contribution in [1.82, 2.24) is 10.2 Å². The van der Waals surface area contributed by atoms with Gasteiger partial charge in [-0.05, 0) is 36.8 Å². The third kappa shape index (κ3) is 2.07. The molecular weight excluding hydrogens is 314 g/mol. The van der Waals surface area contributed by atoms with Crippen LogP contribution in [-0.2, 0) is 0 Å². The van der Waals surface area contributed by atoms with Crippen LogP contribution in [0.25, 0.3) is 0 Å². The molecule has 3 aliphatic heterocycles. The standard InChI is InChI=1S/C15H16ClFN2O.ClH/c16-10-2-1-3-11(17)14(10)15(20)19-12-4-5-13(19)9-7-18-6-8(9)12;/h1-3,8-9,12-13,18H,4-7H2;1H/t8-,9+,12?,13?;. The van der Waals surface area contributed by atoms with Crippen LogP contribution >= 0.6 is 24.0 Å². The van der Waals surface area contributed by atoms with Gasteiger partial charge in [0.2, 0.25) is 0 Å². The zero-order valence-electron chi connectivity index (χ0n) is 11.4. The van der Waals surface area contributed by atoms with E-state index in [-0.39, 0.29) is 41.0 Å². The van der Waals surface area contributed by atoms with E-state index in [4.69, 9.17) is 11.6 Å². The van der Waals surface area contributed by atoms with E-state index in [0.29, 0.717) is 11.8 Å². The highest BCUT2D eigenvalue weighted by molar-refractivity contribution is 6.33. The van der Waals surface area contributed by atoms with Gasteiger partial charge in [0, 0.05) is 25.2 Å². The van der Waals surface area contributed by atoms with Gasteiger partial charge in [0.25, 0.3) is 5.91 Å². The number of halogens is 3. The Morgan fingerprint density at radius 1 is 1.24 bits per heavy atom. The van der Waals surface area contributed by atoms with Gasteiger partial charge in [-0.3, -0.25) is 4.79 Å². The quantitative estimate of drug-likeness (QED) is 0.858. The molecule has 4 atom stereocenters. The molecule has 6 heteroatoms. The normalized spacial score (nSPS) is 33.0. The number of rotatable bonds is 1. The number of hydrogen-bond acceptors (Lipinski definition) is 2. The molecule has 3 aliphatic rings. The van der Waals surface area contributed by atoms with E-state index in [9.17, 15) is 9.18 Å². The van der Waals surface area contributed by atoms with Gasteiger partial charge >= 0.3 is 0 Å². The summed E-state index contributed by atoms with van der Waals surface area (Å²) < 4.78 is 14.0. The van der Waals surface area contributed by atoms with Crippen molar-refractivity contribution in [1.29, 1.82) is 0 Å². The highest BCUT2D eigenvalue weighted by Gasteiger charge is 2.56. The Hall–Kier alpha value is -0.840. The summed E-state index contributed by atoms with van der Waals surface area (Å²) in [4.78, 5) is 14.7. The minimum absolute atomic E-state index is 0. The first-order chi connectivity index (χ1) is 9.68. The van der Waals surface area contributed by atoms with Gasteiger partial charge < -0.3 is 10.2 Å². The van der Waals surface area contributed by atoms with Gasteiger partial charge in [-0.15, -0.1) is 12.4 Å². The van der Waals surface area contributed by atoms with Crippen LogP contribution in [-0.4, -0.2) is 36.0 Å². The molecule has 1 N–H and O–H groups in total. The Bertz CT molecular complexity index is 545. The molecule has 0 aromatic heterocycles. The second-order valence-electron chi connectivity index (χ2n) is 6.01. The topological polar surface area (TPSA) is 32.3 Å². The van der Waals surface area contributed by atoms with Crippen molar-refractivity contribution >= 4 is 29.9 Å².